The van der Waals surface area contributed by atoms with Crippen molar-refractivity contribution in [1.82, 2.24) is 9.80 Å². The fourth-order valence-electron chi connectivity index (χ4n) is 3.01. The van der Waals surface area contributed by atoms with Gasteiger partial charge in [0.15, 0.2) is 6.61 Å². The smallest absolute Gasteiger partial charge is 0.259 e. The summed E-state index contributed by atoms with van der Waals surface area (Å²) in [4.78, 5) is 30.3. The Balaban J connectivity index is 1.64. The van der Waals surface area contributed by atoms with E-state index in [2.05, 4.69) is 17.0 Å². The van der Waals surface area contributed by atoms with Crippen LogP contribution >= 0.6 is 0 Å². The van der Waals surface area contributed by atoms with Gasteiger partial charge in [-0.2, -0.15) is 0 Å². The van der Waals surface area contributed by atoms with Crippen molar-refractivity contribution in [2.75, 3.05) is 51.8 Å². The van der Waals surface area contributed by atoms with Gasteiger partial charge in [0, 0.05) is 46.0 Å². The molecule has 1 aliphatic heterocycles. The molecule has 0 unspecified atom stereocenters. The molecule has 1 saturated heterocycles. The van der Waals surface area contributed by atoms with Crippen molar-refractivity contribution in [2.45, 2.75) is 0 Å². The number of nitrogens with zero attached hydrogens (tertiary/aromatic N) is 3. The van der Waals surface area contributed by atoms with E-state index < -0.39 is 0 Å². The fourth-order valence-corrected chi connectivity index (χ4v) is 3.01. The standard InChI is InChI=1S/C21H25N3O3/c1-22(2)20(25)16-27-19-11-7-6-10-18(19)21(26)24-14-12-23(13-15-24)17-8-4-3-5-9-17/h3-11H,12-16H2,1-2H3. The molecule has 142 valence electrons. The number of likely N-dealkylation sites (N-methyl/N-ethyl adjacent to an activating group) is 1. The molecule has 1 aliphatic rings. The average Bonchev–Trinajstić information content (AvgIpc) is 2.72. The molecule has 6 nitrogen and oxygen atoms in total. The molecule has 2 aromatic carbocycles. The summed E-state index contributed by atoms with van der Waals surface area (Å²) in [6.07, 6.45) is 0. The Bertz CT molecular complexity index is 784. The number of carbonyl (C=O) groups excluding carboxylic acids is 2. The van der Waals surface area contributed by atoms with Crippen molar-refractivity contribution < 1.29 is 14.3 Å². The number of ether oxygens (including phenoxy) is 1. The predicted molar refractivity (Wildman–Crippen MR) is 105 cm³/mol. The molecule has 0 bridgehead atoms. The van der Waals surface area contributed by atoms with Crippen molar-refractivity contribution in [3.8, 4) is 5.75 Å². The minimum atomic E-state index is -0.145. The van der Waals surface area contributed by atoms with E-state index in [1.807, 2.05) is 29.2 Å². The lowest BCUT2D eigenvalue weighted by Gasteiger charge is -2.36. The number of hydrogen-bond acceptors (Lipinski definition) is 4. The minimum absolute atomic E-state index is 0.0596. The van der Waals surface area contributed by atoms with E-state index in [1.165, 1.54) is 10.6 Å². The van der Waals surface area contributed by atoms with Crippen LogP contribution in [0.2, 0.25) is 0 Å². The maximum absolute atomic E-state index is 13.0. The first-order valence-corrected chi connectivity index (χ1v) is 9.07. The van der Waals surface area contributed by atoms with Crippen LogP contribution in [-0.2, 0) is 4.79 Å². The summed E-state index contributed by atoms with van der Waals surface area (Å²) in [5.41, 5.74) is 1.67. The van der Waals surface area contributed by atoms with E-state index in [-0.39, 0.29) is 18.4 Å². The number of hydrogen-bond donors (Lipinski definition) is 0. The fraction of sp³-hybridized carbons (Fsp3) is 0.333. The number of para-hydroxylation sites is 2. The largest absolute Gasteiger partial charge is 0.483 e. The number of benzene rings is 2. The molecule has 6 heteroatoms. The summed E-state index contributed by atoms with van der Waals surface area (Å²) in [5.74, 6) is 0.243. The summed E-state index contributed by atoms with van der Waals surface area (Å²) in [5, 5.41) is 0. The number of anilines is 1. The third-order valence-electron chi connectivity index (χ3n) is 4.66. The Hall–Kier alpha value is -3.02. The molecule has 1 fully saturated rings. The first-order chi connectivity index (χ1) is 13.1. The van der Waals surface area contributed by atoms with Gasteiger partial charge in [0.05, 0.1) is 5.56 Å². The van der Waals surface area contributed by atoms with Gasteiger partial charge in [-0.05, 0) is 24.3 Å². The topological polar surface area (TPSA) is 53.1 Å². The SMILES string of the molecule is CN(C)C(=O)COc1ccccc1C(=O)N1CCN(c2ccccc2)CC1. The van der Waals surface area contributed by atoms with Crippen molar-refractivity contribution in [3.05, 3.63) is 60.2 Å². The Labute approximate surface area is 159 Å². The van der Waals surface area contributed by atoms with E-state index in [0.717, 1.165) is 13.1 Å². The zero-order chi connectivity index (χ0) is 19.2. The molecule has 0 aliphatic carbocycles. The lowest BCUT2D eigenvalue weighted by molar-refractivity contribution is -0.130. The molecule has 2 amide bonds. The second-order valence-corrected chi connectivity index (χ2v) is 6.69. The summed E-state index contributed by atoms with van der Waals surface area (Å²) < 4.78 is 5.61. The third-order valence-corrected chi connectivity index (χ3v) is 4.66. The highest BCUT2D eigenvalue weighted by Crippen LogP contribution is 2.22. The molecule has 0 atom stereocenters. The van der Waals surface area contributed by atoms with Crippen LogP contribution < -0.4 is 9.64 Å². The lowest BCUT2D eigenvalue weighted by atomic mass is 10.1. The van der Waals surface area contributed by atoms with Crippen LogP contribution in [0.25, 0.3) is 0 Å². The van der Waals surface area contributed by atoms with Crippen LogP contribution in [0.4, 0.5) is 5.69 Å². The third kappa shape index (κ3) is 4.58. The highest BCUT2D eigenvalue weighted by Gasteiger charge is 2.24. The van der Waals surface area contributed by atoms with E-state index in [0.29, 0.717) is 24.4 Å². The second-order valence-electron chi connectivity index (χ2n) is 6.69. The molecule has 0 N–H and O–H groups in total. The quantitative estimate of drug-likeness (QED) is 0.812. The van der Waals surface area contributed by atoms with E-state index in [4.69, 9.17) is 4.74 Å². The van der Waals surface area contributed by atoms with Gasteiger partial charge in [-0.3, -0.25) is 9.59 Å². The molecule has 1 heterocycles. The van der Waals surface area contributed by atoms with Gasteiger partial charge < -0.3 is 19.4 Å². The summed E-state index contributed by atoms with van der Waals surface area (Å²) >= 11 is 0. The van der Waals surface area contributed by atoms with Gasteiger partial charge in [0.2, 0.25) is 0 Å². The van der Waals surface area contributed by atoms with Crippen LogP contribution in [0.1, 0.15) is 10.4 Å². The van der Waals surface area contributed by atoms with Crippen molar-refractivity contribution >= 4 is 17.5 Å². The van der Waals surface area contributed by atoms with Crippen LogP contribution in [0.3, 0.4) is 0 Å². The van der Waals surface area contributed by atoms with Gasteiger partial charge in [-0.25, -0.2) is 0 Å². The molecule has 0 spiro atoms. The van der Waals surface area contributed by atoms with Crippen LogP contribution in [-0.4, -0.2) is 68.5 Å². The first kappa shape index (κ1) is 18.8. The van der Waals surface area contributed by atoms with Crippen molar-refractivity contribution in [1.29, 1.82) is 0 Å². The van der Waals surface area contributed by atoms with Gasteiger partial charge in [0.25, 0.3) is 11.8 Å². The molecule has 0 aromatic heterocycles. The number of piperazine rings is 1. The van der Waals surface area contributed by atoms with Crippen LogP contribution in [0.5, 0.6) is 5.75 Å². The van der Waals surface area contributed by atoms with Gasteiger partial charge in [-0.1, -0.05) is 30.3 Å². The van der Waals surface area contributed by atoms with Crippen LogP contribution in [0.15, 0.2) is 54.6 Å². The molecule has 2 aromatic rings. The predicted octanol–water partition coefficient (Wildman–Crippen LogP) is 2.12. The van der Waals surface area contributed by atoms with Gasteiger partial charge in [0.1, 0.15) is 5.75 Å². The minimum Gasteiger partial charge on any atom is -0.483 e. The number of rotatable bonds is 5. The van der Waals surface area contributed by atoms with Crippen molar-refractivity contribution in [3.63, 3.8) is 0 Å². The highest BCUT2D eigenvalue weighted by molar-refractivity contribution is 5.97. The Morgan fingerprint density at radius 3 is 2.22 bits per heavy atom. The lowest BCUT2D eigenvalue weighted by Crippen LogP contribution is -2.48. The summed E-state index contributed by atoms with van der Waals surface area (Å²) in [7, 11) is 3.35. The number of amides is 2. The molecule has 3 rings (SSSR count). The van der Waals surface area contributed by atoms with E-state index >= 15 is 0 Å². The van der Waals surface area contributed by atoms with E-state index in [1.54, 1.807) is 32.3 Å². The normalized spacial score (nSPS) is 14.0. The zero-order valence-corrected chi connectivity index (χ0v) is 15.8. The molecule has 0 saturated carbocycles. The first-order valence-electron chi connectivity index (χ1n) is 9.07. The summed E-state index contributed by atoms with van der Waals surface area (Å²) in [6, 6.07) is 17.3. The Kier molecular flexibility index (Phi) is 5.96. The van der Waals surface area contributed by atoms with E-state index in [9.17, 15) is 9.59 Å². The molecule has 27 heavy (non-hydrogen) atoms. The average molecular weight is 367 g/mol. The van der Waals surface area contributed by atoms with Crippen molar-refractivity contribution in [2.24, 2.45) is 0 Å². The molecular formula is C21H25N3O3. The van der Waals surface area contributed by atoms with Crippen LogP contribution in [0, 0.1) is 0 Å². The number of carbonyl (C=O) groups is 2. The Morgan fingerprint density at radius 2 is 1.56 bits per heavy atom. The van der Waals surface area contributed by atoms with Gasteiger partial charge in [-0.15, -0.1) is 0 Å². The zero-order valence-electron chi connectivity index (χ0n) is 15.8. The second kappa shape index (κ2) is 8.58. The maximum atomic E-state index is 13.0. The molecular weight excluding hydrogens is 342 g/mol. The van der Waals surface area contributed by atoms with Gasteiger partial charge >= 0.3 is 0 Å². The maximum Gasteiger partial charge on any atom is 0.259 e. The monoisotopic (exact) mass is 367 g/mol. The summed E-state index contributed by atoms with van der Waals surface area (Å²) in [6.45, 7) is 2.80. The Morgan fingerprint density at radius 1 is 0.926 bits per heavy atom. The molecule has 0 radical (unpaired) electrons. The highest BCUT2D eigenvalue weighted by atomic mass is 16.5.